The average Bonchev–Trinajstić information content (AvgIpc) is 2.46. The molecule has 0 aromatic carbocycles. The van der Waals surface area contributed by atoms with Crippen LogP contribution in [0.2, 0.25) is 0 Å². The molecule has 1 saturated carbocycles. The molecule has 1 rings (SSSR count). The molecule has 0 aromatic heterocycles. The Morgan fingerprint density at radius 2 is 1.73 bits per heavy atom. The van der Waals surface area contributed by atoms with Crippen LogP contribution in [0, 0.1) is 5.92 Å². The molecule has 22 heavy (non-hydrogen) atoms. The van der Waals surface area contributed by atoms with E-state index in [1.54, 1.807) is 0 Å². The number of aliphatic hydroxyl groups excluding tert-OH is 1. The Balaban J connectivity index is 2.65. The highest BCUT2D eigenvalue weighted by Gasteiger charge is 2.31. The van der Waals surface area contributed by atoms with Gasteiger partial charge in [0, 0.05) is 6.92 Å². The fraction of sp³-hybridized carbons (Fsp3) is 0.800. The van der Waals surface area contributed by atoms with E-state index in [0.717, 1.165) is 25.7 Å². The van der Waals surface area contributed by atoms with E-state index >= 15 is 0 Å². The molecule has 1 unspecified atom stereocenters. The number of carbonyl (C=O) groups excluding carboxylic acids is 2. The second kappa shape index (κ2) is 8.73. The molecule has 3 atom stereocenters. The zero-order valence-electron chi connectivity index (χ0n) is 13.2. The first kappa shape index (κ1) is 18.4. The summed E-state index contributed by atoms with van der Waals surface area (Å²) < 4.78 is 0. The topological polar surface area (TPSA) is 116 Å². The Hall–Kier alpha value is -1.63. The van der Waals surface area contributed by atoms with Gasteiger partial charge >= 0.3 is 5.97 Å². The monoisotopic (exact) mass is 314 g/mol. The van der Waals surface area contributed by atoms with Gasteiger partial charge in [-0.3, -0.25) is 14.4 Å². The molecule has 0 saturated heterocycles. The molecule has 1 aliphatic rings. The van der Waals surface area contributed by atoms with E-state index in [-0.39, 0.29) is 5.91 Å². The zero-order chi connectivity index (χ0) is 16.7. The summed E-state index contributed by atoms with van der Waals surface area (Å²) in [5.41, 5.74) is 0. The van der Waals surface area contributed by atoms with Crippen LogP contribution in [-0.2, 0) is 14.4 Å². The molecule has 0 radical (unpaired) electrons. The van der Waals surface area contributed by atoms with Crippen LogP contribution in [0.1, 0.15) is 52.4 Å². The first-order chi connectivity index (χ1) is 10.3. The number of carboxylic acids is 1. The van der Waals surface area contributed by atoms with Crippen LogP contribution in [-0.4, -0.2) is 46.2 Å². The van der Waals surface area contributed by atoms with Gasteiger partial charge in [0.1, 0.15) is 6.04 Å². The Labute approximate surface area is 130 Å². The predicted octanol–water partition coefficient (Wildman–Crippen LogP) is 0.412. The third kappa shape index (κ3) is 6.01. The van der Waals surface area contributed by atoms with E-state index < -0.39 is 30.1 Å². The summed E-state index contributed by atoms with van der Waals surface area (Å²) in [6.07, 6.45) is 4.56. The van der Waals surface area contributed by atoms with Crippen LogP contribution in [0.25, 0.3) is 0 Å². The summed E-state index contributed by atoms with van der Waals surface area (Å²) in [6.45, 7) is 2.65. The van der Waals surface area contributed by atoms with Crippen molar-refractivity contribution in [1.82, 2.24) is 10.6 Å². The quantitative estimate of drug-likeness (QED) is 0.543. The van der Waals surface area contributed by atoms with Gasteiger partial charge in [-0.15, -0.1) is 0 Å². The second-order valence-corrected chi connectivity index (χ2v) is 6.06. The molecule has 4 N–H and O–H groups in total. The fourth-order valence-electron chi connectivity index (χ4n) is 2.85. The lowest BCUT2D eigenvalue weighted by Crippen LogP contribution is -2.53. The van der Waals surface area contributed by atoms with Gasteiger partial charge in [0.15, 0.2) is 6.10 Å². The molecule has 7 nitrogen and oxygen atoms in total. The number of carbonyl (C=O) groups is 3. The molecule has 0 aliphatic heterocycles. The van der Waals surface area contributed by atoms with Gasteiger partial charge in [0.2, 0.25) is 5.91 Å². The van der Waals surface area contributed by atoms with Gasteiger partial charge in [0.25, 0.3) is 5.91 Å². The van der Waals surface area contributed by atoms with E-state index in [1.165, 1.54) is 20.3 Å². The van der Waals surface area contributed by atoms with E-state index in [9.17, 15) is 19.5 Å². The Morgan fingerprint density at radius 1 is 1.14 bits per heavy atom. The van der Waals surface area contributed by atoms with Crippen LogP contribution in [0.4, 0.5) is 0 Å². The summed E-state index contributed by atoms with van der Waals surface area (Å²) in [5.74, 6) is -1.91. The maximum Gasteiger partial charge on any atom is 0.325 e. The molecule has 2 amide bonds. The highest BCUT2D eigenvalue weighted by Crippen LogP contribution is 2.28. The van der Waals surface area contributed by atoms with Gasteiger partial charge in [-0.1, -0.05) is 32.1 Å². The number of aliphatic hydroxyl groups is 1. The van der Waals surface area contributed by atoms with E-state index in [0.29, 0.717) is 12.3 Å². The van der Waals surface area contributed by atoms with Crippen molar-refractivity contribution in [3.8, 4) is 0 Å². The fourth-order valence-corrected chi connectivity index (χ4v) is 2.85. The lowest BCUT2D eigenvalue weighted by Gasteiger charge is -2.29. The molecule has 0 aromatic rings. The van der Waals surface area contributed by atoms with Crippen LogP contribution in [0.15, 0.2) is 0 Å². The molecule has 126 valence electrons. The first-order valence-electron chi connectivity index (χ1n) is 7.79. The number of carboxylic acid groups (broad SMARTS) is 1. The maximum absolute atomic E-state index is 11.9. The minimum Gasteiger partial charge on any atom is -0.480 e. The summed E-state index contributed by atoms with van der Waals surface area (Å²) in [7, 11) is 0. The molecular weight excluding hydrogens is 288 g/mol. The highest BCUT2D eigenvalue weighted by molar-refractivity contribution is 5.87. The number of hydrogen-bond donors (Lipinski definition) is 4. The van der Waals surface area contributed by atoms with Crippen molar-refractivity contribution < 1.29 is 24.6 Å². The smallest absolute Gasteiger partial charge is 0.325 e. The van der Waals surface area contributed by atoms with Gasteiger partial charge in [0.05, 0.1) is 6.04 Å². The summed E-state index contributed by atoms with van der Waals surface area (Å²) in [4.78, 5) is 34.0. The third-order valence-electron chi connectivity index (χ3n) is 4.08. The molecule has 0 spiro atoms. The van der Waals surface area contributed by atoms with Crippen LogP contribution in [0.3, 0.4) is 0 Å². The molecule has 7 heteroatoms. The first-order valence-corrected chi connectivity index (χ1v) is 7.79. The lowest BCUT2D eigenvalue weighted by molar-refractivity contribution is -0.143. The Bertz CT molecular complexity index is 407. The van der Waals surface area contributed by atoms with Crippen molar-refractivity contribution in [1.29, 1.82) is 0 Å². The van der Waals surface area contributed by atoms with Crippen LogP contribution < -0.4 is 10.6 Å². The molecule has 0 heterocycles. The molecule has 1 aliphatic carbocycles. The van der Waals surface area contributed by atoms with E-state index in [1.807, 2.05) is 0 Å². The lowest BCUT2D eigenvalue weighted by atomic mass is 9.83. The molecule has 1 fully saturated rings. The summed E-state index contributed by atoms with van der Waals surface area (Å²) in [6, 6.07) is -1.78. The van der Waals surface area contributed by atoms with Crippen molar-refractivity contribution in [3.63, 3.8) is 0 Å². The predicted molar refractivity (Wildman–Crippen MR) is 80.0 cm³/mol. The van der Waals surface area contributed by atoms with Gasteiger partial charge in [-0.25, -0.2) is 0 Å². The van der Waals surface area contributed by atoms with Crippen LogP contribution >= 0.6 is 0 Å². The minimum atomic E-state index is -1.45. The van der Waals surface area contributed by atoms with Crippen molar-refractivity contribution in [3.05, 3.63) is 0 Å². The second-order valence-electron chi connectivity index (χ2n) is 6.06. The largest absolute Gasteiger partial charge is 0.480 e. The van der Waals surface area contributed by atoms with Crippen LogP contribution in [0.5, 0.6) is 0 Å². The third-order valence-corrected chi connectivity index (χ3v) is 4.08. The van der Waals surface area contributed by atoms with Crippen molar-refractivity contribution in [2.45, 2.75) is 70.6 Å². The highest BCUT2D eigenvalue weighted by atomic mass is 16.4. The van der Waals surface area contributed by atoms with Gasteiger partial charge in [-0.2, -0.15) is 0 Å². The summed E-state index contributed by atoms with van der Waals surface area (Å²) in [5, 5.41) is 23.8. The Morgan fingerprint density at radius 3 is 2.23 bits per heavy atom. The van der Waals surface area contributed by atoms with E-state index in [4.69, 9.17) is 5.11 Å². The number of nitrogens with one attached hydrogen (secondary N) is 2. The molecule has 0 bridgehead atoms. The van der Waals surface area contributed by atoms with Crippen molar-refractivity contribution >= 4 is 17.8 Å². The molecular formula is C15H26N2O5. The SMILES string of the molecule is CC(=O)N[C@H](CC1CCCCC1)[C@H](O)C(=O)NC(C)C(=O)O. The normalized spacial score (nSPS) is 19.8. The summed E-state index contributed by atoms with van der Waals surface area (Å²) >= 11 is 0. The number of amides is 2. The zero-order valence-corrected chi connectivity index (χ0v) is 13.2. The standard InChI is InChI=1S/C15H26N2O5/c1-9(15(21)22)16-14(20)13(19)12(17-10(2)18)8-11-6-4-3-5-7-11/h9,11-13,19H,3-8H2,1-2H3,(H,16,20)(H,17,18)(H,21,22)/t9?,12-,13+/m1/s1. The van der Waals surface area contributed by atoms with E-state index in [2.05, 4.69) is 10.6 Å². The van der Waals surface area contributed by atoms with Crippen molar-refractivity contribution in [2.75, 3.05) is 0 Å². The number of rotatable bonds is 7. The number of aliphatic carboxylic acids is 1. The Kier molecular flexibility index (Phi) is 7.31. The maximum atomic E-state index is 11.9. The number of hydrogen-bond acceptors (Lipinski definition) is 4. The van der Waals surface area contributed by atoms with Crippen molar-refractivity contribution in [2.24, 2.45) is 5.92 Å². The minimum absolute atomic E-state index is 0.320. The van der Waals surface area contributed by atoms with Gasteiger partial charge in [-0.05, 0) is 19.3 Å². The van der Waals surface area contributed by atoms with Gasteiger partial charge < -0.3 is 20.8 Å². The average molecular weight is 314 g/mol.